The van der Waals surface area contributed by atoms with Gasteiger partial charge in [0.15, 0.2) is 15.7 Å². The van der Waals surface area contributed by atoms with E-state index in [4.69, 9.17) is 9.05 Å². The quantitative estimate of drug-likeness (QED) is 0.848. The van der Waals surface area contributed by atoms with Crippen LogP contribution in [0.3, 0.4) is 0 Å². The van der Waals surface area contributed by atoms with E-state index in [1.165, 1.54) is 0 Å². The van der Waals surface area contributed by atoms with Gasteiger partial charge in [-0.3, -0.25) is 0 Å². The zero-order chi connectivity index (χ0) is 15.0. The summed E-state index contributed by atoms with van der Waals surface area (Å²) in [6.07, 6.45) is 0. The van der Waals surface area contributed by atoms with E-state index < -0.39 is 9.84 Å². The molecule has 2 aromatic rings. The van der Waals surface area contributed by atoms with Crippen molar-refractivity contribution in [3.05, 3.63) is 29.2 Å². The molecule has 0 aliphatic rings. The van der Waals surface area contributed by atoms with Gasteiger partial charge in [0.1, 0.15) is 11.5 Å². The number of aryl methyl sites for hydroxylation is 1. The average Bonchev–Trinajstić information content (AvgIpc) is 2.86. The van der Waals surface area contributed by atoms with Crippen molar-refractivity contribution in [3.8, 4) is 0 Å². The largest absolute Gasteiger partial charge is 0.361 e. The topological polar surface area (TPSA) is 99.1 Å². The molecule has 7 nitrogen and oxygen atoms in total. The van der Waals surface area contributed by atoms with Gasteiger partial charge in [-0.05, 0) is 6.92 Å². The smallest absolute Gasteiger partial charge is 0.232 e. The normalized spacial score (nSPS) is 12.8. The first-order valence-corrected chi connectivity index (χ1v) is 7.93. The fourth-order valence-corrected chi connectivity index (χ4v) is 2.78. The van der Waals surface area contributed by atoms with Crippen molar-refractivity contribution in [2.75, 3.05) is 0 Å². The highest BCUT2D eigenvalue weighted by Crippen LogP contribution is 2.20. The van der Waals surface area contributed by atoms with Gasteiger partial charge in [-0.25, -0.2) is 8.42 Å². The van der Waals surface area contributed by atoms with E-state index >= 15 is 0 Å². The molecule has 0 bridgehead atoms. The molecule has 8 heteroatoms. The summed E-state index contributed by atoms with van der Waals surface area (Å²) in [4.78, 5) is 4.11. The first-order valence-electron chi connectivity index (χ1n) is 6.11. The molecule has 0 unspecified atom stereocenters. The van der Waals surface area contributed by atoms with E-state index in [9.17, 15) is 8.42 Å². The van der Waals surface area contributed by atoms with Crippen LogP contribution in [0.1, 0.15) is 43.9 Å². The predicted molar refractivity (Wildman–Crippen MR) is 70.6 cm³/mol. The van der Waals surface area contributed by atoms with Gasteiger partial charge in [0.25, 0.3) is 0 Å². The second-order valence-corrected chi connectivity index (χ2v) is 7.79. The molecule has 110 valence electrons. The zero-order valence-corrected chi connectivity index (χ0v) is 12.7. The Labute approximate surface area is 117 Å². The van der Waals surface area contributed by atoms with Gasteiger partial charge in [0.2, 0.25) is 5.89 Å². The van der Waals surface area contributed by atoms with Crippen LogP contribution < -0.4 is 0 Å². The first kappa shape index (κ1) is 14.7. The molecule has 2 heterocycles. The number of sulfone groups is 1. The summed E-state index contributed by atoms with van der Waals surface area (Å²) in [5, 5.41) is 7.37. The highest BCUT2D eigenvalue weighted by Gasteiger charge is 2.24. The molecule has 0 aliphatic heterocycles. The molecule has 0 radical (unpaired) electrons. The highest BCUT2D eigenvalue weighted by atomic mass is 32.2. The van der Waals surface area contributed by atoms with Gasteiger partial charge in [0.05, 0.1) is 11.4 Å². The van der Waals surface area contributed by atoms with Crippen LogP contribution in [0.2, 0.25) is 0 Å². The van der Waals surface area contributed by atoms with Crippen LogP contribution in [0.25, 0.3) is 0 Å². The minimum atomic E-state index is -3.41. The third-order valence-electron chi connectivity index (χ3n) is 2.50. The Balaban J connectivity index is 2.10. The lowest BCUT2D eigenvalue weighted by Gasteiger charge is -2.10. The number of aromatic nitrogens is 3. The number of hydrogen-bond donors (Lipinski definition) is 0. The van der Waals surface area contributed by atoms with E-state index in [0.29, 0.717) is 17.3 Å². The summed E-state index contributed by atoms with van der Waals surface area (Å²) in [5.74, 6) is 0.669. The number of rotatable bonds is 4. The second kappa shape index (κ2) is 5.01. The van der Waals surface area contributed by atoms with Gasteiger partial charge in [0, 0.05) is 11.5 Å². The van der Waals surface area contributed by atoms with Crippen LogP contribution in [0.5, 0.6) is 0 Å². The van der Waals surface area contributed by atoms with Crippen molar-refractivity contribution in [1.29, 1.82) is 0 Å². The van der Waals surface area contributed by atoms with Crippen LogP contribution in [-0.4, -0.2) is 23.7 Å². The minimum Gasteiger partial charge on any atom is -0.361 e. The van der Waals surface area contributed by atoms with Crippen molar-refractivity contribution >= 4 is 9.84 Å². The molecular formula is C12H17N3O4S. The first-order chi connectivity index (χ1) is 9.16. The monoisotopic (exact) mass is 299 g/mol. The Bertz CT molecular complexity index is 694. The standard InChI is InChI=1S/C12H17N3O4S/c1-8-5-9(14-18-8)6-20(16,17)7-10-13-11(19-15-10)12(2,3)4/h5H,6-7H2,1-4H3. The van der Waals surface area contributed by atoms with Crippen LogP contribution in [-0.2, 0) is 26.8 Å². The van der Waals surface area contributed by atoms with Crippen molar-refractivity contribution in [2.24, 2.45) is 0 Å². The van der Waals surface area contributed by atoms with Crippen molar-refractivity contribution in [3.63, 3.8) is 0 Å². The molecule has 0 aromatic carbocycles. The van der Waals surface area contributed by atoms with Crippen LogP contribution in [0.15, 0.2) is 15.1 Å². The Morgan fingerprint density at radius 3 is 2.35 bits per heavy atom. The Morgan fingerprint density at radius 1 is 1.15 bits per heavy atom. The van der Waals surface area contributed by atoms with Crippen LogP contribution in [0, 0.1) is 6.92 Å². The molecule has 0 aliphatic carbocycles. The molecular weight excluding hydrogens is 282 g/mol. The lowest BCUT2D eigenvalue weighted by Crippen LogP contribution is -2.12. The maximum Gasteiger partial charge on any atom is 0.232 e. The molecule has 0 saturated heterocycles. The third-order valence-corrected chi connectivity index (χ3v) is 3.94. The fourth-order valence-electron chi connectivity index (χ4n) is 1.58. The summed E-state index contributed by atoms with van der Waals surface area (Å²) >= 11 is 0. The Kier molecular flexibility index (Phi) is 3.68. The lowest BCUT2D eigenvalue weighted by molar-refractivity contribution is 0.319. The van der Waals surface area contributed by atoms with E-state index in [1.54, 1.807) is 13.0 Å². The molecule has 0 atom stereocenters. The van der Waals surface area contributed by atoms with E-state index in [-0.39, 0.29) is 22.7 Å². The third kappa shape index (κ3) is 3.66. The SMILES string of the molecule is Cc1cc(CS(=O)(=O)Cc2noc(C(C)(C)C)n2)no1. The summed E-state index contributed by atoms with van der Waals surface area (Å²) in [5.41, 5.74) is 0.0696. The van der Waals surface area contributed by atoms with Crippen molar-refractivity contribution < 1.29 is 17.5 Å². The number of hydrogen-bond acceptors (Lipinski definition) is 7. The average molecular weight is 299 g/mol. The molecule has 2 rings (SSSR count). The maximum absolute atomic E-state index is 12.0. The summed E-state index contributed by atoms with van der Waals surface area (Å²) in [6, 6.07) is 1.59. The summed E-state index contributed by atoms with van der Waals surface area (Å²) < 4.78 is 34.0. The molecule has 2 aromatic heterocycles. The minimum absolute atomic E-state index is 0.162. The predicted octanol–water partition coefficient (Wildman–Crippen LogP) is 1.78. The highest BCUT2D eigenvalue weighted by molar-refractivity contribution is 7.89. The maximum atomic E-state index is 12.0. The van der Waals surface area contributed by atoms with Gasteiger partial charge in [-0.15, -0.1) is 0 Å². The van der Waals surface area contributed by atoms with Crippen molar-refractivity contribution in [2.45, 2.75) is 44.6 Å². The van der Waals surface area contributed by atoms with Gasteiger partial charge in [-0.1, -0.05) is 31.1 Å². The molecule has 0 saturated carbocycles. The van der Waals surface area contributed by atoms with E-state index in [2.05, 4.69) is 15.3 Å². The molecule has 0 N–H and O–H groups in total. The number of nitrogens with zero attached hydrogens (tertiary/aromatic N) is 3. The van der Waals surface area contributed by atoms with Gasteiger partial charge < -0.3 is 9.05 Å². The molecule has 0 fully saturated rings. The second-order valence-electron chi connectivity index (χ2n) is 5.73. The Morgan fingerprint density at radius 2 is 1.85 bits per heavy atom. The van der Waals surface area contributed by atoms with Gasteiger partial charge in [-0.2, -0.15) is 4.98 Å². The lowest BCUT2D eigenvalue weighted by atomic mass is 9.97. The zero-order valence-electron chi connectivity index (χ0n) is 11.9. The fraction of sp³-hybridized carbons (Fsp3) is 0.583. The van der Waals surface area contributed by atoms with E-state index in [1.807, 2.05) is 20.8 Å². The summed E-state index contributed by atoms with van der Waals surface area (Å²) in [7, 11) is -3.41. The summed E-state index contributed by atoms with van der Waals surface area (Å²) in [6.45, 7) is 7.45. The van der Waals surface area contributed by atoms with Gasteiger partial charge >= 0.3 is 0 Å². The molecule has 0 spiro atoms. The molecule has 20 heavy (non-hydrogen) atoms. The van der Waals surface area contributed by atoms with Crippen LogP contribution >= 0.6 is 0 Å². The molecule has 0 amide bonds. The van der Waals surface area contributed by atoms with Crippen molar-refractivity contribution in [1.82, 2.24) is 15.3 Å². The van der Waals surface area contributed by atoms with Crippen LogP contribution in [0.4, 0.5) is 0 Å². The van der Waals surface area contributed by atoms with E-state index in [0.717, 1.165) is 0 Å². The Hall–Kier alpha value is -1.70.